The van der Waals surface area contributed by atoms with E-state index in [1.54, 1.807) is 0 Å². The Labute approximate surface area is 78.0 Å². The van der Waals surface area contributed by atoms with Gasteiger partial charge in [-0.05, 0) is 30.0 Å². The molecule has 0 atom stereocenters. The van der Waals surface area contributed by atoms with Crippen LogP contribution in [-0.2, 0) is 12.8 Å². The molecule has 1 aromatic carbocycles. The van der Waals surface area contributed by atoms with Crippen molar-refractivity contribution < 1.29 is 4.74 Å². The van der Waals surface area contributed by atoms with Crippen LogP contribution in [0.25, 0.3) is 0 Å². The lowest BCUT2D eigenvalue weighted by Gasteiger charge is -2.17. The molecule has 0 bridgehead atoms. The van der Waals surface area contributed by atoms with Crippen LogP contribution in [-0.4, -0.2) is 5.90 Å². The van der Waals surface area contributed by atoms with E-state index >= 15 is 0 Å². The molecule has 2 heteroatoms. The second kappa shape index (κ2) is 3.21. The average molecular weight is 175 g/mol. The summed E-state index contributed by atoms with van der Waals surface area (Å²) in [6, 6.07) is 6.22. The number of nitrogens with one attached hydrogen (secondary N) is 1. The number of benzene rings is 1. The molecular weight excluding hydrogens is 162 g/mol. The lowest BCUT2D eigenvalue weighted by Crippen LogP contribution is -2.15. The van der Waals surface area contributed by atoms with Crippen LogP contribution in [0.5, 0.6) is 5.75 Å². The van der Waals surface area contributed by atoms with Gasteiger partial charge < -0.3 is 4.74 Å². The van der Waals surface area contributed by atoms with Crippen LogP contribution in [0.2, 0.25) is 0 Å². The molecule has 0 aromatic heterocycles. The molecule has 0 radical (unpaired) electrons. The van der Waals surface area contributed by atoms with E-state index < -0.39 is 0 Å². The Kier molecular flexibility index (Phi) is 2.05. The molecule has 0 spiro atoms. The van der Waals surface area contributed by atoms with Crippen molar-refractivity contribution in [2.75, 3.05) is 0 Å². The van der Waals surface area contributed by atoms with Crippen LogP contribution in [0.15, 0.2) is 18.2 Å². The first kappa shape index (κ1) is 8.30. The molecular formula is C11H13NO. The molecule has 68 valence electrons. The highest BCUT2D eigenvalue weighted by Gasteiger charge is 2.13. The third kappa shape index (κ3) is 1.57. The van der Waals surface area contributed by atoms with Gasteiger partial charge in [0.05, 0.1) is 0 Å². The Morgan fingerprint density at radius 1 is 1.38 bits per heavy atom. The number of hydrogen-bond donors (Lipinski definition) is 1. The molecule has 0 unspecified atom stereocenters. The van der Waals surface area contributed by atoms with Crippen LogP contribution >= 0.6 is 0 Å². The summed E-state index contributed by atoms with van der Waals surface area (Å²) in [4.78, 5) is 0. The molecule has 1 N–H and O–H groups in total. The zero-order chi connectivity index (χ0) is 9.26. The van der Waals surface area contributed by atoms with Crippen LogP contribution in [0.4, 0.5) is 0 Å². The summed E-state index contributed by atoms with van der Waals surface area (Å²) in [6.45, 7) is 2.15. The van der Waals surface area contributed by atoms with E-state index in [-0.39, 0.29) is 0 Å². The highest BCUT2D eigenvalue weighted by Crippen LogP contribution is 2.26. The number of hydrogen-bond acceptors (Lipinski definition) is 2. The molecule has 0 saturated heterocycles. The summed E-state index contributed by atoms with van der Waals surface area (Å²) < 4.78 is 5.31. The molecule has 1 aliphatic heterocycles. The van der Waals surface area contributed by atoms with Crippen molar-refractivity contribution in [1.82, 2.24) is 0 Å². The molecule has 2 nitrogen and oxygen atoms in total. The van der Waals surface area contributed by atoms with Gasteiger partial charge >= 0.3 is 0 Å². The summed E-state index contributed by atoms with van der Waals surface area (Å²) in [5, 5.41) is 7.40. The lowest BCUT2D eigenvalue weighted by molar-refractivity contribution is 0.498. The minimum Gasteiger partial charge on any atom is -0.443 e. The summed E-state index contributed by atoms with van der Waals surface area (Å²) in [5.74, 6) is 1.25. The van der Waals surface area contributed by atoms with Crippen molar-refractivity contribution in [1.29, 1.82) is 5.41 Å². The predicted octanol–water partition coefficient (Wildman–Crippen LogP) is 2.55. The van der Waals surface area contributed by atoms with Crippen LogP contribution in [0.3, 0.4) is 0 Å². The molecule has 1 aromatic rings. The molecule has 0 aliphatic carbocycles. The number of fused-ring (bicyclic) bond motifs is 1. The van der Waals surface area contributed by atoms with Crippen LogP contribution in [0, 0.1) is 5.41 Å². The van der Waals surface area contributed by atoms with E-state index in [9.17, 15) is 0 Å². The fourth-order valence-electron chi connectivity index (χ4n) is 1.58. The second-order valence-electron chi connectivity index (χ2n) is 3.32. The van der Waals surface area contributed by atoms with Crippen molar-refractivity contribution >= 4 is 5.90 Å². The predicted molar refractivity (Wildman–Crippen MR) is 52.5 cm³/mol. The van der Waals surface area contributed by atoms with Gasteiger partial charge in [0.1, 0.15) is 5.75 Å². The van der Waals surface area contributed by atoms with Gasteiger partial charge in [-0.25, -0.2) is 0 Å². The third-order valence-corrected chi connectivity index (χ3v) is 2.39. The Morgan fingerprint density at radius 2 is 2.23 bits per heavy atom. The zero-order valence-corrected chi connectivity index (χ0v) is 7.76. The first-order chi connectivity index (χ1) is 6.29. The lowest BCUT2D eigenvalue weighted by atomic mass is 10.0. The van der Waals surface area contributed by atoms with Crippen molar-refractivity contribution in [3.8, 4) is 5.75 Å². The van der Waals surface area contributed by atoms with E-state index in [1.165, 1.54) is 11.1 Å². The van der Waals surface area contributed by atoms with Gasteiger partial charge in [-0.3, -0.25) is 5.41 Å². The van der Waals surface area contributed by atoms with Gasteiger partial charge in [0.2, 0.25) is 0 Å². The van der Waals surface area contributed by atoms with E-state index in [1.807, 2.05) is 6.07 Å². The zero-order valence-electron chi connectivity index (χ0n) is 7.76. The normalized spacial score (nSPS) is 15.0. The Bertz CT molecular complexity index is 344. The Morgan fingerprint density at radius 3 is 3.00 bits per heavy atom. The summed E-state index contributed by atoms with van der Waals surface area (Å²) in [7, 11) is 0. The molecule has 2 rings (SSSR count). The molecule has 1 aliphatic rings. The SMILES string of the molecule is CCc1ccc2c(c1)CCC(=N)O2. The van der Waals surface area contributed by atoms with Gasteiger partial charge in [0, 0.05) is 6.42 Å². The van der Waals surface area contributed by atoms with Gasteiger partial charge in [-0.1, -0.05) is 19.1 Å². The summed E-state index contributed by atoms with van der Waals surface area (Å²) in [5.41, 5.74) is 2.59. The molecule has 1 heterocycles. The average Bonchev–Trinajstić information content (AvgIpc) is 2.17. The maximum atomic E-state index is 7.40. The third-order valence-electron chi connectivity index (χ3n) is 2.39. The van der Waals surface area contributed by atoms with Gasteiger partial charge in [0.15, 0.2) is 5.90 Å². The molecule has 0 fully saturated rings. The van der Waals surface area contributed by atoms with Gasteiger partial charge in [-0.15, -0.1) is 0 Å². The summed E-state index contributed by atoms with van der Waals surface area (Å²) in [6.07, 6.45) is 2.74. The number of ether oxygens (including phenoxy) is 1. The topological polar surface area (TPSA) is 33.1 Å². The first-order valence-electron chi connectivity index (χ1n) is 4.66. The number of aryl methyl sites for hydroxylation is 2. The minimum absolute atomic E-state index is 0.386. The summed E-state index contributed by atoms with van der Waals surface area (Å²) >= 11 is 0. The maximum absolute atomic E-state index is 7.40. The van der Waals surface area contributed by atoms with Crippen molar-refractivity contribution in [3.63, 3.8) is 0 Å². The van der Waals surface area contributed by atoms with E-state index in [0.29, 0.717) is 5.90 Å². The Balaban J connectivity index is 2.36. The largest absolute Gasteiger partial charge is 0.443 e. The number of rotatable bonds is 1. The molecule has 13 heavy (non-hydrogen) atoms. The smallest absolute Gasteiger partial charge is 0.187 e. The van der Waals surface area contributed by atoms with E-state index in [0.717, 1.165) is 25.0 Å². The standard InChI is InChI=1S/C11H13NO/c1-2-8-3-5-10-9(7-8)4-6-11(12)13-10/h3,5,7,12H,2,4,6H2,1H3. The van der Waals surface area contributed by atoms with Crippen molar-refractivity contribution in [3.05, 3.63) is 29.3 Å². The fourth-order valence-corrected chi connectivity index (χ4v) is 1.58. The monoisotopic (exact) mass is 175 g/mol. The van der Waals surface area contributed by atoms with Gasteiger partial charge in [-0.2, -0.15) is 0 Å². The van der Waals surface area contributed by atoms with Crippen molar-refractivity contribution in [2.45, 2.75) is 26.2 Å². The highest BCUT2D eigenvalue weighted by molar-refractivity contribution is 5.78. The highest BCUT2D eigenvalue weighted by atomic mass is 16.5. The van der Waals surface area contributed by atoms with E-state index in [4.69, 9.17) is 10.1 Å². The maximum Gasteiger partial charge on any atom is 0.187 e. The van der Waals surface area contributed by atoms with E-state index in [2.05, 4.69) is 19.1 Å². The second-order valence-corrected chi connectivity index (χ2v) is 3.32. The molecule has 0 saturated carbocycles. The quantitative estimate of drug-likeness (QED) is 0.699. The Hall–Kier alpha value is -1.31. The van der Waals surface area contributed by atoms with Crippen molar-refractivity contribution in [2.24, 2.45) is 0 Å². The first-order valence-corrected chi connectivity index (χ1v) is 4.66. The van der Waals surface area contributed by atoms with Crippen LogP contribution in [0.1, 0.15) is 24.5 Å². The minimum atomic E-state index is 0.386. The van der Waals surface area contributed by atoms with Gasteiger partial charge in [0.25, 0.3) is 0 Å². The van der Waals surface area contributed by atoms with Crippen LogP contribution < -0.4 is 4.74 Å². The fraction of sp³-hybridized carbons (Fsp3) is 0.364. The molecule has 0 amide bonds.